The van der Waals surface area contributed by atoms with Crippen LogP contribution < -0.4 is 11.2 Å². The lowest BCUT2D eigenvalue weighted by atomic mass is 10.0. The lowest BCUT2D eigenvalue weighted by molar-refractivity contribution is 0.719. The van der Waals surface area contributed by atoms with Gasteiger partial charge in [0.1, 0.15) is 0 Å². The summed E-state index contributed by atoms with van der Waals surface area (Å²) in [4.78, 5) is 24.7. The van der Waals surface area contributed by atoms with Crippen molar-refractivity contribution in [2.24, 2.45) is 0 Å². The maximum absolute atomic E-state index is 11.5. The van der Waals surface area contributed by atoms with Crippen molar-refractivity contribution in [1.29, 1.82) is 0 Å². The van der Waals surface area contributed by atoms with Crippen molar-refractivity contribution in [1.82, 2.24) is 9.55 Å². The summed E-state index contributed by atoms with van der Waals surface area (Å²) in [6.45, 7) is 4.75. The first-order valence-corrected chi connectivity index (χ1v) is 5.95. The summed E-state index contributed by atoms with van der Waals surface area (Å²) in [5, 5.41) is 0. The van der Waals surface area contributed by atoms with Crippen molar-refractivity contribution >= 4 is 0 Å². The SMILES string of the molecule is CC(C)c1ccc(Cn2ccc(=O)[nH]c2=O)cc1. The Balaban J connectivity index is 2.23. The van der Waals surface area contributed by atoms with Crippen LogP contribution in [0.2, 0.25) is 0 Å². The molecule has 0 aliphatic carbocycles. The van der Waals surface area contributed by atoms with Gasteiger partial charge in [-0.3, -0.25) is 14.3 Å². The highest BCUT2D eigenvalue weighted by Gasteiger charge is 2.01. The van der Waals surface area contributed by atoms with Crippen LogP contribution in [0, 0.1) is 0 Å². The average Bonchev–Trinajstić information content (AvgIpc) is 2.33. The van der Waals surface area contributed by atoms with E-state index in [0.29, 0.717) is 12.5 Å². The van der Waals surface area contributed by atoms with Gasteiger partial charge in [0.25, 0.3) is 5.56 Å². The standard InChI is InChI=1S/C14H16N2O2/c1-10(2)12-5-3-11(4-6-12)9-16-8-7-13(17)15-14(16)18/h3-8,10H,9H2,1-2H3,(H,15,17,18). The second kappa shape index (κ2) is 5.04. The van der Waals surface area contributed by atoms with E-state index in [-0.39, 0.29) is 11.2 Å². The topological polar surface area (TPSA) is 54.9 Å². The third kappa shape index (κ3) is 2.77. The molecule has 0 aliphatic heterocycles. The second-order valence-corrected chi connectivity index (χ2v) is 4.63. The van der Waals surface area contributed by atoms with Gasteiger partial charge in [-0.25, -0.2) is 4.79 Å². The van der Waals surface area contributed by atoms with Gasteiger partial charge in [0.05, 0.1) is 6.54 Å². The lowest BCUT2D eigenvalue weighted by Gasteiger charge is -2.08. The van der Waals surface area contributed by atoms with E-state index in [1.165, 1.54) is 22.4 Å². The third-order valence-electron chi connectivity index (χ3n) is 2.90. The summed E-state index contributed by atoms with van der Waals surface area (Å²) in [5.41, 5.74) is 1.56. The smallest absolute Gasteiger partial charge is 0.296 e. The number of aromatic nitrogens is 2. The van der Waals surface area contributed by atoms with Gasteiger partial charge in [-0.05, 0) is 17.0 Å². The molecule has 1 N–H and O–H groups in total. The monoisotopic (exact) mass is 244 g/mol. The first kappa shape index (κ1) is 12.4. The van der Waals surface area contributed by atoms with Crippen molar-refractivity contribution in [3.05, 3.63) is 68.5 Å². The van der Waals surface area contributed by atoms with Gasteiger partial charge in [-0.15, -0.1) is 0 Å². The molecule has 0 saturated heterocycles. The third-order valence-corrected chi connectivity index (χ3v) is 2.90. The number of nitrogens with one attached hydrogen (secondary N) is 1. The van der Waals surface area contributed by atoms with Crippen LogP contribution in [0.5, 0.6) is 0 Å². The molecular formula is C14H16N2O2. The average molecular weight is 244 g/mol. The Hall–Kier alpha value is -2.10. The number of H-pyrrole nitrogens is 1. The van der Waals surface area contributed by atoms with Crippen LogP contribution in [0.15, 0.2) is 46.1 Å². The van der Waals surface area contributed by atoms with E-state index in [9.17, 15) is 9.59 Å². The Labute approximate surface area is 105 Å². The molecule has 18 heavy (non-hydrogen) atoms. The quantitative estimate of drug-likeness (QED) is 0.893. The summed E-state index contributed by atoms with van der Waals surface area (Å²) in [6, 6.07) is 9.50. The summed E-state index contributed by atoms with van der Waals surface area (Å²) < 4.78 is 1.48. The van der Waals surface area contributed by atoms with Crippen LogP contribution in [-0.2, 0) is 6.54 Å². The molecule has 1 heterocycles. The van der Waals surface area contributed by atoms with Crippen molar-refractivity contribution in [3.8, 4) is 0 Å². The maximum atomic E-state index is 11.5. The Bertz CT molecular complexity index is 636. The Morgan fingerprint density at radius 3 is 2.33 bits per heavy atom. The van der Waals surface area contributed by atoms with E-state index in [1.54, 1.807) is 0 Å². The lowest BCUT2D eigenvalue weighted by Crippen LogP contribution is -2.28. The number of hydrogen-bond donors (Lipinski definition) is 1. The molecule has 0 unspecified atom stereocenters. The molecule has 0 amide bonds. The fourth-order valence-electron chi connectivity index (χ4n) is 1.77. The van der Waals surface area contributed by atoms with Gasteiger partial charge in [0.15, 0.2) is 0 Å². The molecule has 0 aliphatic rings. The minimum atomic E-state index is -0.379. The van der Waals surface area contributed by atoms with Crippen LogP contribution in [0.1, 0.15) is 30.9 Å². The van der Waals surface area contributed by atoms with Gasteiger partial charge in [0, 0.05) is 12.3 Å². The predicted molar refractivity (Wildman–Crippen MR) is 71.0 cm³/mol. The minimum absolute atomic E-state index is 0.369. The molecule has 2 aromatic rings. The molecular weight excluding hydrogens is 228 g/mol. The second-order valence-electron chi connectivity index (χ2n) is 4.63. The Morgan fingerprint density at radius 1 is 1.11 bits per heavy atom. The number of hydrogen-bond acceptors (Lipinski definition) is 2. The number of aromatic amines is 1. The molecule has 0 radical (unpaired) electrons. The van der Waals surface area contributed by atoms with E-state index in [2.05, 4.69) is 31.0 Å². The van der Waals surface area contributed by atoms with Gasteiger partial charge in [-0.2, -0.15) is 0 Å². The van der Waals surface area contributed by atoms with Crippen molar-refractivity contribution in [2.75, 3.05) is 0 Å². The molecule has 0 saturated carbocycles. The zero-order chi connectivity index (χ0) is 13.1. The molecule has 4 heteroatoms. The van der Waals surface area contributed by atoms with Crippen LogP contribution in [-0.4, -0.2) is 9.55 Å². The summed E-state index contributed by atoms with van der Waals surface area (Å²) in [6.07, 6.45) is 1.51. The zero-order valence-corrected chi connectivity index (χ0v) is 10.5. The molecule has 0 bridgehead atoms. The number of nitrogens with zero attached hydrogens (tertiary/aromatic N) is 1. The normalized spacial score (nSPS) is 10.8. The molecule has 0 spiro atoms. The molecule has 94 valence electrons. The maximum Gasteiger partial charge on any atom is 0.328 e. The van der Waals surface area contributed by atoms with Crippen LogP contribution in [0.4, 0.5) is 0 Å². The number of rotatable bonds is 3. The van der Waals surface area contributed by atoms with Crippen molar-refractivity contribution in [3.63, 3.8) is 0 Å². The summed E-state index contributed by atoms with van der Waals surface area (Å²) in [7, 11) is 0. The highest BCUT2D eigenvalue weighted by atomic mass is 16.2. The van der Waals surface area contributed by atoms with E-state index in [4.69, 9.17) is 0 Å². The molecule has 0 atom stereocenters. The molecule has 4 nitrogen and oxygen atoms in total. The minimum Gasteiger partial charge on any atom is -0.296 e. The molecule has 1 aromatic carbocycles. The fraction of sp³-hybridized carbons (Fsp3) is 0.286. The first-order valence-electron chi connectivity index (χ1n) is 5.95. The molecule has 0 fully saturated rings. The summed E-state index contributed by atoms with van der Waals surface area (Å²) in [5.74, 6) is 0.495. The van der Waals surface area contributed by atoms with E-state index < -0.39 is 0 Å². The zero-order valence-electron chi connectivity index (χ0n) is 10.5. The van der Waals surface area contributed by atoms with E-state index in [1.807, 2.05) is 12.1 Å². The molecule has 2 rings (SSSR count). The van der Waals surface area contributed by atoms with E-state index in [0.717, 1.165) is 5.56 Å². The van der Waals surface area contributed by atoms with Crippen molar-refractivity contribution in [2.45, 2.75) is 26.3 Å². The first-order chi connectivity index (χ1) is 8.56. The summed E-state index contributed by atoms with van der Waals surface area (Å²) >= 11 is 0. The largest absolute Gasteiger partial charge is 0.328 e. The van der Waals surface area contributed by atoms with Gasteiger partial charge in [0.2, 0.25) is 0 Å². The highest BCUT2D eigenvalue weighted by molar-refractivity contribution is 5.24. The Kier molecular flexibility index (Phi) is 3.46. The van der Waals surface area contributed by atoms with Gasteiger partial charge >= 0.3 is 5.69 Å². The highest BCUT2D eigenvalue weighted by Crippen LogP contribution is 2.14. The van der Waals surface area contributed by atoms with Crippen LogP contribution in [0.3, 0.4) is 0 Å². The van der Waals surface area contributed by atoms with Crippen LogP contribution in [0.25, 0.3) is 0 Å². The predicted octanol–water partition coefficient (Wildman–Crippen LogP) is 1.71. The van der Waals surface area contributed by atoms with Crippen LogP contribution >= 0.6 is 0 Å². The molecule has 1 aromatic heterocycles. The van der Waals surface area contributed by atoms with Gasteiger partial charge < -0.3 is 0 Å². The van der Waals surface area contributed by atoms with Crippen molar-refractivity contribution < 1.29 is 0 Å². The number of benzene rings is 1. The fourth-order valence-corrected chi connectivity index (χ4v) is 1.77. The van der Waals surface area contributed by atoms with E-state index >= 15 is 0 Å². The Morgan fingerprint density at radius 2 is 1.78 bits per heavy atom. The van der Waals surface area contributed by atoms with Gasteiger partial charge in [-0.1, -0.05) is 38.1 Å².